The number of nitrogens with zero attached hydrogens (tertiary/aromatic N) is 6. The van der Waals surface area contributed by atoms with Gasteiger partial charge in [-0.15, -0.1) is 136 Å². The van der Waals surface area contributed by atoms with Gasteiger partial charge in [-0.2, -0.15) is 48.5 Å². The van der Waals surface area contributed by atoms with Crippen LogP contribution in [0.2, 0.25) is 0 Å². The molecule has 14 rings (SSSR count). The second-order valence-electron chi connectivity index (χ2n) is 31.9. The van der Waals surface area contributed by atoms with Crippen molar-refractivity contribution >= 4 is 81.7 Å². The smallest absolute Gasteiger partial charge is 0 e. The van der Waals surface area contributed by atoms with Crippen molar-refractivity contribution in [1.82, 2.24) is 40.4 Å². The molecule has 2 aliphatic carbocycles. The van der Waals surface area contributed by atoms with Crippen LogP contribution >= 0.6 is 71.6 Å². The van der Waals surface area contributed by atoms with Gasteiger partial charge in [0.1, 0.15) is 13.2 Å². The van der Waals surface area contributed by atoms with E-state index in [0.717, 1.165) is 113 Å². The number of halogens is 6. The van der Waals surface area contributed by atoms with Crippen molar-refractivity contribution in [2.75, 3.05) is 54.5 Å². The SMILES string of the molecule is C1CC[OH+]C1.CCCCC(c1cccc(-c2[c-]cc(C(C)(C)C)cc2)n1)N(C)C.CCCCC(c1cccc(-c2[c-]cccc2)n1)N(C)C.CCCCNC(c1cccc(-c2[c-]cccc2)n1)C1CCCCC1.CCCCNC(c1cccc(-c2[c-]sc3ccccc23)n1)C1CCCCC1.[Cl][Cr][Cl].[Cl][Cr][Cl].[Cl][Cr][Cl].[Cr].[c-]1ccccc1-c1[c-]cccc1. The molecule has 3 N–H and O–H groups in total. The predicted octanol–water partition coefficient (Wildman–Crippen LogP) is 29.7. The summed E-state index contributed by atoms with van der Waals surface area (Å²) in [4.78, 5) is 24.4. The molecule has 6 heterocycles. The zero-order chi connectivity index (χ0) is 87.1. The zero-order valence-corrected chi connectivity index (χ0v) is 83.9. The molecule has 0 spiro atoms. The first-order chi connectivity index (χ1) is 59.0. The molecule has 2 saturated carbocycles. The summed E-state index contributed by atoms with van der Waals surface area (Å²) in [7, 11) is 37.5. The Labute approximate surface area is 794 Å². The van der Waals surface area contributed by atoms with Gasteiger partial charge in [-0.3, -0.25) is 31.3 Å². The molecule has 660 valence electrons. The molecular formula is C102H129Cl6Cr4N8OS-5. The maximum Gasteiger partial charge on any atom is 0 e. The number of pyridine rings is 4. The van der Waals surface area contributed by atoms with E-state index in [0.29, 0.717) is 30.1 Å². The molecule has 9 nitrogen and oxygen atoms in total. The van der Waals surface area contributed by atoms with E-state index in [4.69, 9.17) is 80.2 Å². The molecular weight excluding hydrogens is 1810 g/mol. The summed E-state index contributed by atoms with van der Waals surface area (Å²) in [5.74, 6) is 1.43. The van der Waals surface area contributed by atoms with Crippen molar-refractivity contribution < 1.29 is 62.2 Å². The van der Waals surface area contributed by atoms with E-state index in [1.54, 1.807) is 11.3 Å². The zero-order valence-electron chi connectivity index (χ0n) is 73.5. The van der Waals surface area contributed by atoms with E-state index in [1.165, 1.54) is 155 Å². The molecule has 122 heavy (non-hydrogen) atoms. The number of aliphatic hydroxyl groups is 2. The molecule has 5 aromatic heterocycles. The van der Waals surface area contributed by atoms with Gasteiger partial charge in [-0.05, 0) is 157 Å². The number of hydrogen-bond acceptors (Lipinski definition) is 9. The number of nitrogens with one attached hydrogen (secondary N) is 2. The third kappa shape index (κ3) is 40.1. The normalized spacial score (nSPS) is 14.1. The number of thiophene rings is 1. The molecule has 4 unspecified atom stereocenters. The number of benzene rings is 6. The van der Waals surface area contributed by atoms with Crippen molar-refractivity contribution in [1.29, 1.82) is 0 Å². The molecule has 3 fully saturated rings. The van der Waals surface area contributed by atoms with Gasteiger partial charge in [-0.25, -0.2) is 11.1 Å². The van der Waals surface area contributed by atoms with E-state index in [2.05, 4.69) is 271 Å². The molecule has 0 bridgehead atoms. The van der Waals surface area contributed by atoms with Gasteiger partial charge in [0.2, 0.25) is 0 Å². The minimum atomic E-state index is -0.181. The molecule has 1 aliphatic heterocycles. The van der Waals surface area contributed by atoms with Crippen LogP contribution in [0.4, 0.5) is 0 Å². The molecule has 11 aromatic rings. The van der Waals surface area contributed by atoms with Crippen LogP contribution in [0.5, 0.6) is 0 Å². The van der Waals surface area contributed by atoms with Crippen LogP contribution in [0.25, 0.3) is 66.2 Å². The summed E-state index contributed by atoms with van der Waals surface area (Å²) in [5, 5.41) is 12.4. The summed E-state index contributed by atoms with van der Waals surface area (Å²) in [6.07, 6.45) is 28.3. The standard InChI is InChI=1S/C24H29N2S.C22H29N2.C22H31N2.C18H23N2.C12H8.C4H8O.6ClH.4Cr/c1-2-3-16-25-24(18-10-5-4-6-11-18)22-14-9-13-21(26-22)20-17-27-23-15-8-7-12-19(20)23;1-2-3-17-23-22(19-13-8-5-9-14-19)21-16-10-15-20(24-21)18-11-6-4-7-12-18;1-7-8-12-21(24(5)6)20-11-9-10-19(23-20)17-13-15-18(16-14-17)22(2,3)4;1-4-5-14-18(20(2)3)17-13-9-12-16(19-17)15-10-7-6-8-11-15;1-3-7-11(8-4-1)12-9-5-2-6-10-12;1-2-4-5-3-1;;;;;;;;;;/h7-9,12-15,18,24-25H,2-6,10-11,16H2,1H3;4,6-7,10-11,15-16,19,22-23H,2-3,5,8-9,13-14,17H2,1H3;9-11,13,15-16,21H,7-8,12H2,1-6H3;6-10,12-13,18H,4-5,14H2,1-3H3;1-7,9H;1-4H2;6*1H;;;;/q4*-1;-2;;;;;;;;;3*+2/p-5. The first-order valence-corrected chi connectivity index (χ1v) is 54.6. The van der Waals surface area contributed by atoms with Crippen LogP contribution in [0.1, 0.15) is 242 Å². The topological polar surface area (TPSA) is 94.9 Å². The van der Waals surface area contributed by atoms with Gasteiger partial charge in [0.15, 0.2) is 0 Å². The second kappa shape index (κ2) is 65.1. The van der Waals surface area contributed by atoms with E-state index < -0.39 is 0 Å². The number of rotatable bonds is 27. The van der Waals surface area contributed by atoms with Gasteiger partial charge in [-0.1, -0.05) is 202 Å². The van der Waals surface area contributed by atoms with Crippen molar-refractivity contribution in [2.24, 2.45) is 11.8 Å². The van der Waals surface area contributed by atoms with Crippen LogP contribution in [0.3, 0.4) is 0 Å². The van der Waals surface area contributed by atoms with Gasteiger partial charge < -0.3 is 25.2 Å². The minimum Gasteiger partial charge on any atom is -0.226 e. The molecule has 6 aromatic carbocycles. The Bertz CT molecular complexity index is 4380. The Morgan fingerprint density at radius 1 is 0.418 bits per heavy atom. The molecule has 0 radical (unpaired) electrons. The summed E-state index contributed by atoms with van der Waals surface area (Å²) in [6.45, 7) is 20.1. The van der Waals surface area contributed by atoms with E-state index in [9.17, 15) is 0 Å². The molecule has 0 amide bonds. The van der Waals surface area contributed by atoms with Crippen molar-refractivity contribution in [2.45, 2.75) is 219 Å². The molecule has 20 heteroatoms. The Morgan fingerprint density at radius 2 is 0.779 bits per heavy atom. The summed E-state index contributed by atoms with van der Waals surface area (Å²) in [6, 6.07) is 90.3. The predicted molar refractivity (Wildman–Crippen MR) is 510 cm³/mol. The van der Waals surface area contributed by atoms with Gasteiger partial charge >= 0.3 is 100 Å². The number of hydrogen-bond donors (Lipinski definition) is 2. The van der Waals surface area contributed by atoms with Gasteiger partial charge in [0.25, 0.3) is 0 Å². The Balaban J connectivity index is 0.000000263. The van der Waals surface area contributed by atoms with Crippen LogP contribution in [-0.4, -0.2) is 89.0 Å². The largest absolute Gasteiger partial charge is 0.226 e. The molecule has 3 aliphatic rings. The fourth-order valence-electron chi connectivity index (χ4n) is 15.0. The number of aromatic nitrogens is 4. The Hall–Kier alpha value is -4.45. The van der Waals surface area contributed by atoms with Gasteiger partial charge in [0, 0.05) is 53.0 Å². The first-order valence-electron chi connectivity index (χ1n) is 43.3. The average molecular weight is 1940 g/mol. The number of fused-ring (bicyclic) bond motifs is 1. The van der Waals surface area contributed by atoms with Crippen molar-refractivity contribution in [3.63, 3.8) is 0 Å². The Morgan fingerprint density at radius 3 is 1.13 bits per heavy atom. The van der Waals surface area contributed by atoms with Crippen LogP contribution in [0, 0.1) is 47.5 Å². The van der Waals surface area contributed by atoms with Crippen molar-refractivity contribution in [3.05, 3.63) is 276 Å². The number of ether oxygens (including phenoxy) is 1. The van der Waals surface area contributed by atoms with Crippen LogP contribution < -0.4 is 10.6 Å². The number of unbranched alkanes of at least 4 members (excludes halogenated alkanes) is 4. The average Bonchev–Trinajstić information content (AvgIpc) is 1.63. The van der Waals surface area contributed by atoms with Crippen LogP contribution in [-0.2, 0) is 62.9 Å². The summed E-state index contributed by atoms with van der Waals surface area (Å²) < 4.78 is 5.37. The van der Waals surface area contributed by atoms with Crippen molar-refractivity contribution in [3.8, 4) is 56.2 Å². The van der Waals surface area contributed by atoms with Crippen LogP contribution in [0.15, 0.2) is 212 Å². The van der Waals surface area contributed by atoms with Gasteiger partial charge in [0.05, 0.1) is 24.2 Å². The maximum absolute atomic E-state index is 5.13. The third-order valence-corrected chi connectivity index (χ3v) is 22.4. The quantitative estimate of drug-likeness (QED) is 0.0299. The third-order valence-electron chi connectivity index (χ3n) is 21.5. The minimum absolute atomic E-state index is 0. The maximum atomic E-state index is 5.13. The Kier molecular flexibility index (Phi) is 57.7. The fraction of sp³-hybridized carbons (Fsp3) is 0.431. The second-order valence-corrected chi connectivity index (χ2v) is 39.0. The molecule has 4 atom stereocenters. The van der Waals surface area contributed by atoms with E-state index in [1.807, 2.05) is 78.9 Å². The summed E-state index contributed by atoms with van der Waals surface area (Å²) in [5.41, 5.74) is 16.8. The molecule has 1 saturated heterocycles. The van der Waals surface area contributed by atoms with E-state index >= 15 is 0 Å². The first kappa shape index (κ1) is 108. The summed E-state index contributed by atoms with van der Waals surface area (Å²) >= 11 is 1.15. The fourth-order valence-corrected chi connectivity index (χ4v) is 15.9. The monoisotopic (exact) mass is 1930 g/mol. The van der Waals surface area contributed by atoms with E-state index in [-0.39, 0.29) is 62.9 Å².